The largest absolute Gasteiger partial charge is 0.294 e. The molecule has 0 bridgehead atoms. The second-order valence-electron chi connectivity index (χ2n) is 3.33. The molecule has 0 fully saturated rings. The number of allylic oxidation sites excluding steroid dienone is 1. The van der Waals surface area contributed by atoms with Crippen molar-refractivity contribution in [2.75, 3.05) is 0 Å². The average Bonchev–Trinajstić information content (AvgIpc) is 2.21. The van der Waals surface area contributed by atoms with E-state index < -0.39 is 0 Å². The third-order valence-electron chi connectivity index (χ3n) is 2.14. The van der Waals surface area contributed by atoms with Crippen molar-refractivity contribution in [1.82, 2.24) is 0 Å². The van der Waals surface area contributed by atoms with Gasteiger partial charge in [0.15, 0.2) is 5.78 Å². The van der Waals surface area contributed by atoms with Crippen molar-refractivity contribution in [3.63, 3.8) is 0 Å². The minimum atomic E-state index is 0.146. The Kier molecular flexibility index (Phi) is 4.99. The summed E-state index contributed by atoms with van der Waals surface area (Å²) < 4.78 is 1.93. The molecule has 1 aromatic carbocycles. The highest BCUT2D eigenvalue weighted by atomic mass is 127. The van der Waals surface area contributed by atoms with E-state index in [0.717, 1.165) is 25.6 Å². The van der Waals surface area contributed by atoms with Gasteiger partial charge in [0.2, 0.25) is 0 Å². The summed E-state index contributed by atoms with van der Waals surface area (Å²) in [5.41, 5.74) is 1.76. The highest BCUT2D eigenvalue weighted by Crippen LogP contribution is 2.21. The molecule has 0 aliphatic carbocycles. The minimum Gasteiger partial charge on any atom is -0.294 e. The summed E-state index contributed by atoms with van der Waals surface area (Å²) in [6.45, 7) is 5.87. The molecule has 0 saturated heterocycles. The lowest BCUT2D eigenvalue weighted by Gasteiger charge is -2.05. The number of hydrogen-bond acceptors (Lipinski definition) is 1. The van der Waals surface area contributed by atoms with Gasteiger partial charge in [0.05, 0.1) is 0 Å². The molecule has 0 amide bonds. The molecule has 0 spiro atoms. The summed E-state index contributed by atoms with van der Waals surface area (Å²) in [7, 11) is 0. The average molecular weight is 379 g/mol. The summed E-state index contributed by atoms with van der Waals surface area (Å²) in [6.07, 6.45) is 1.30. The Balaban J connectivity index is 2.91. The van der Waals surface area contributed by atoms with Crippen LogP contribution in [-0.4, -0.2) is 5.78 Å². The molecule has 3 heteroatoms. The Bertz CT molecular complexity index is 399. The SMILES string of the molecule is C=C(CC)CC(=O)c1cc(Br)ccc1I. The first-order valence-corrected chi connectivity index (χ1v) is 6.56. The van der Waals surface area contributed by atoms with Gasteiger partial charge in [0.1, 0.15) is 0 Å². The Morgan fingerprint density at radius 3 is 2.80 bits per heavy atom. The van der Waals surface area contributed by atoms with E-state index in [1.54, 1.807) is 0 Å². The monoisotopic (exact) mass is 378 g/mol. The third-order valence-corrected chi connectivity index (χ3v) is 3.57. The summed E-state index contributed by atoms with van der Waals surface area (Å²) >= 11 is 5.55. The number of benzene rings is 1. The van der Waals surface area contributed by atoms with Gasteiger partial charge in [-0.3, -0.25) is 4.79 Å². The molecular formula is C12H12BrIO. The van der Waals surface area contributed by atoms with Crippen LogP contribution < -0.4 is 0 Å². The van der Waals surface area contributed by atoms with Gasteiger partial charge in [-0.15, -0.1) is 0 Å². The van der Waals surface area contributed by atoms with Gasteiger partial charge in [-0.25, -0.2) is 0 Å². The minimum absolute atomic E-state index is 0.146. The van der Waals surface area contributed by atoms with Gasteiger partial charge in [0, 0.05) is 20.0 Å². The van der Waals surface area contributed by atoms with Gasteiger partial charge in [-0.2, -0.15) is 0 Å². The molecule has 0 aromatic heterocycles. The van der Waals surface area contributed by atoms with Crippen molar-refractivity contribution in [2.45, 2.75) is 19.8 Å². The fourth-order valence-corrected chi connectivity index (χ4v) is 2.16. The number of ketones is 1. The summed E-state index contributed by atoms with van der Waals surface area (Å²) in [5.74, 6) is 0.146. The van der Waals surface area contributed by atoms with Crippen LogP contribution >= 0.6 is 38.5 Å². The molecule has 1 rings (SSSR count). The maximum absolute atomic E-state index is 11.9. The molecule has 0 heterocycles. The predicted octanol–water partition coefficient (Wildman–Crippen LogP) is 4.59. The second-order valence-corrected chi connectivity index (χ2v) is 5.41. The van der Waals surface area contributed by atoms with Crippen LogP contribution in [0.5, 0.6) is 0 Å². The zero-order valence-corrected chi connectivity index (χ0v) is 12.3. The van der Waals surface area contributed by atoms with E-state index in [9.17, 15) is 4.79 Å². The summed E-state index contributed by atoms with van der Waals surface area (Å²) in [6, 6.07) is 5.74. The number of carbonyl (C=O) groups excluding carboxylic acids is 1. The highest BCUT2D eigenvalue weighted by molar-refractivity contribution is 14.1. The topological polar surface area (TPSA) is 17.1 Å². The first-order chi connectivity index (χ1) is 7.04. The second kappa shape index (κ2) is 5.80. The van der Waals surface area contributed by atoms with Crippen LogP contribution in [0.4, 0.5) is 0 Å². The molecule has 0 unspecified atom stereocenters. The van der Waals surface area contributed by atoms with Gasteiger partial charge in [-0.05, 0) is 47.2 Å². The van der Waals surface area contributed by atoms with E-state index in [2.05, 4.69) is 45.1 Å². The third kappa shape index (κ3) is 3.72. The highest BCUT2D eigenvalue weighted by Gasteiger charge is 2.11. The smallest absolute Gasteiger partial charge is 0.167 e. The van der Waals surface area contributed by atoms with E-state index in [-0.39, 0.29) is 5.78 Å². The summed E-state index contributed by atoms with van der Waals surface area (Å²) in [4.78, 5) is 11.9. The number of carbonyl (C=O) groups is 1. The van der Waals surface area contributed by atoms with Crippen LogP contribution in [0.15, 0.2) is 34.8 Å². The van der Waals surface area contributed by atoms with E-state index in [0.29, 0.717) is 6.42 Å². The fourth-order valence-electron chi connectivity index (χ4n) is 1.16. The Morgan fingerprint density at radius 1 is 1.53 bits per heavy atom. The molecule has 0 aliphatic rings. The van der Waals surface area contributed by atoms with Gasteiger partial charge >= 0.3 is 0 Å². The van der Waals surface area contributed by atoms with Crippen molar-refractivity contribution in [3.05, 3.63) is 44.0 Å². The molecule has 1 aromatic rings. The summed E-state index contributed by atoms with van der Waals surface area (Å²) in [5, 5.41) is 0. The maximum atomic E-state index is 11.9. The van der Waals surface area contributed by atoms with E-state index in [1.165, 1.54) is 0 Å². The molecule has 80 valence electrons. The molecule has 0 atom stereocenters. The van der Waals surface area contributed by atoms with Crippen LogP contribution in [0.1, 0.15) is 30.1 Å². The molecule has 0 radical (unpaired) electrons. The molecule has 0 saturated carbocycles. The van der Waals surface area contributed by atoms with Gasteiger partial charge in [0.25, 0.3) is 0 Å². The van der Waals surface area contributed by atoms with E-state index >= 15 is 0 Å². The van der Waals surface area contributed by atoms with Crippen LogP contribution in [0.25, 0.3) is 0 Å². The van der Waals surface area contributed by atoms with Crippen molar-refractivity contribution in [2.24, 2.45) is 0 Å². The zero-order chi connectivity index (χ0) is 11.4. The molecule has 0 aliphatic heterocycles. The lowest BCUT2D eigenvalue weighted by Crippen LogP contribution is -2.02. The van der Waals surface area contributed by atoms with Crippen molar-refractivity contribution in [3.8, 4) is 0 Å². The van der Waals surface area contributed by atoms with Crippen molar-refractivity contribution >= 4 is 44.3 Å². The normalized spacial score (nSPS) is 10.1. The van der Waals surface area contributed by atoms with Crippen LogP contribution in [-0.2, 0) is 0 Å². The number of hydrogen-bond donors (Lipinski definition) is 0. The molecule has 0 N–H and O–H groups in total. The molecule has 15 heavy (non-hydrogen) atoms. The van der Waals surface area contributed by atoms with Crippen molar-refractivity contribution < 1.29 is 4.79 Å². The number of Topliss-reactive ketones (excluding diaryl/α,β-unsaturated/α-hetero) is 1. The zero-order valence-electron chi connectivity index (χ0n) is 8.52. The molecule has 1 nitrogen and oxygen atoms in total. The van der Waals surface area contributed by atoms with Crippen LogP contribution in [0.2, 0.25) is 0 Å². The number of halogens is 2. The first kappa shape index (κ1) is 12.9. The first-order valence-electron chi connectivity index (χ1n) is 4.69. The Morgan fingerprint density at radius 2 is 2.20 bits per heavy atom. The maximum Gasteiger partial charge on any atom is 0.167 e. The standard InChI is InChI=1S/C12H12BrIO/c1-3-8(2)6-12(15)10-7-9(13)4-5-11(10)14/h4-5,7H,2-3,6H2,1H3. The molecular weight excluding hydrogens is 367 g/mol. The lowest BCUT2D eigenvalue weighted by molar-refractivity contribution is 0.0991. The number of rotatable bonds is 4. The van der Waals surface area contributed by atoms with Gasteiger partial charge < -0.3 is 0 Å². The van der Waals surface area contributed by atoms with E-state index in [4.69, 9.17) is 0 Å². The quantitative estimate of drug-likeness (QED) is 0.425. The lowest BCUT2D eigenvalue weighted by atomic mass is 10.0. The van der Waals surface area contributed by atoms with Crippen LogP contribution in [0, 0.1) is 3.57 Å². The van der Waals surface area contributed by atoms with Crippen molar-refractivity contribution in [1.29, 1.82) is 0 Å². The van der Waals surface area contributed by atoms with Crippen LogP contribution in [0.3, 0.4) is 0 Å². The van der Waals surface area contributed by atoms with Gasteiger partial charge in [-0.1, -0.05) is 35.0 Å². The predicted molar refractivity (Wildman–Crippen MR) is 75.2 cm³/mol. The van der Waals surface area contributed by atoms with E-state index in [1.807, 2.05) is 25.1 Å². The fraction of sp³-hybridized carbons (Fsp3) is 0.250. The Hall–Kier alpha value is -0.160. The Labute approximate surface area is 112 Å².